The van der Waals surface area contributed by atoms with Crippen LogP contribution < -0.4 is 10.9 Å². The first-order chi connectivity index (χ1) is 9.97. The second kappa shape index (κ2) is 6.27. The highest BCUT2D eigenvalue weighted by Crippen LogP contribution is 2.17. The van der Waals surface area contributed by atoms with Gasteiger partial charge in [-0.15, -0.1) is 0 Å². The molecule has 0 radical (unpaired) electrons. The van der Waals surface area contributed by atoms with Crippen molar-refractivity contribution in [3.05, 3.63) is 69.6 Å². The van der Waals surface area contributed by atoms with E-state index in [2.05, 4.69) is 10.3 Å². The summed E-state index contributed by atoms with van der Waals surface area (Å²) in [6, 6.07) is 5.29. The first-order valence-corrected chi connectivity index (χ1v) is 6.07. The largest absolute Gasteiger partial charge is 0.386 e. The van der Waals surface area contributed by atoms with Crippen molar-refractivity contribution in [2.75, 3.05) is 6.54 Å². The average molecular weight is 294 g/mol. The molecule has 110 valence electrons. The Morgan fingerprint density at radius 1 is 1.29 bits per heavy atom. The third kappa shape index (κ3) is 3.73. The molecular formula is C14H12F2N2O3. The number of hydrogen-bond acceptors (Lipinski definition) is 3. The summed E-state index contributed by atoms with van der Waals surface area (Å²) < 4.78 is 26.2. The fraction of sp³-hybridized carbons (Fsp3) is 0.143. The fourth-order valence-electron chi connectivity index (χ4n) is 1.72. The summed E-state index contributed by atoms with van der Waals surface area (Å²) in [5, 5.41) is 12.2. The number of hydrogen-bond donors (Lipinski definition) is 3. The van der Waals surface area contributed by atoms with E-state index in [1.807, 2.05) is 0 Å². The van der Waals surface area contributed by atoms with Crippen LogP contribution >= 0.6 is 0 Å². The minimum absolute atomic E-state index is 0.113. The van der Waals surface area contributed by atoms with E-state index < -0.39 is 23.6 Å². The van der Waals surface area contributed by atoms with Crippen molar-refractivity contribution in [3.8, 4) is 0 Å². The van der Waals surface area contributed by atoms with Crippen LogP contribution in [-0.2, 0) is 0 Å². The average Bonchev–Trinajstić information content (AvgIpc) is 2.45. The Labute approximate surface area is 118 Å². The van der Waals surface area contributed by atoms with Gasteiger partial charge in [0.1, 0.15) is 11.6 Å². The summed E-state index contributed by atoms with van der Waals surface area (Å²) in [5.41, 5.74) is -0.264. The Morgan fingerprint density at radius 2 is 2.05 bits per heavy atom. The van der Waals surface area contributed by atoms with Gasteiger partial charge in [0.15, 0.2) is 0 Å². The van der Waals surface area contributed by atoms with Crippen molar-refractivity contribution in [2.24, 2.45) is 0 Å². The van der Waals surface area contributed by atoms with E-state index >= 15 is 0 Å². The molecule has 3 N–H and O–H groups in total. The smallest absolute Gasteiger partial charge is 0.252 e. The molecule has 2 aromatic rings. The first kappa shape index (κ1) is 14.9. The maximum atomic E-state index is 13.4. The zero-order valence-corrected chi connectivity index (χ0v) is 10.8. The van der Waals surface area contributed by atoms with E-state index in [1.54, 1.807) is 0 Å². The van der Waals surface area contributed by atoms with Gasteiger partial charge in [-0.2, -0.15) is 0 Å². The van der Waals surface area contributed by atoms with Gasteiger partial charge in [-0.05, 0) is 12.1 Å². The van der Waals surface area contributed by atoms with E-state index in [0.29, 0.717) is 6.07 Å². The molecule has 1 aromatic heterocycles. The molecule has 0 spiro atoms. The highest BCUT2D eigenvalue weighted by molar-refractivity contribution is 5.93. The summed E-state index contributed by atoms with van der Waals surface area (Å²) in [6.07, 6.45) is -0.0833. The number of carbonyl (C=O) groups is 1. The third-order valence-electron chi connectivity index (χ3n) is 2.82. The third-order valence-corrected chi connectivity index (χ3v) is 2.82. The lowest BCUT2D eigenvalue weighted by atomic mass is 10.1. The summed E-state index contributed by atoms with van der Waals surface area (Å²) in [7, 11) is 0. The summed E-state index contributed by atoms with van der Waals surface area (Å²) in [6.45, 7) is -0.249. The number of H-pyrrole nitrogens is 1. The summed E-state index contributed by atoms with van der Waals surface area (Å²) in [5.74, 6) is -2.17. The highest BCUT2D eigenvalue weighted by Gasteiger charge is 2.15. The minimum Gasteiger partial charge on any atom is -0.386 e. The quantitative estimate of drug-likeness (QED) is 0.790. The molecule has 0 bridgehead atoms. The predicted octanol–water partition coefficient (Wildman–Crippen LogP) is 1.12. The molecule has 7 heteroatoms. The molecule has 0 fully saturated rings. The molecule has 0 aliphatic rings. The van der Waals surface area contributed by atoms with Gasteiger partial charge >= 0.3 is 0 Å². The molecule has 5 nitrogen and oxygen atoms in total. The number of nitrogens with one attached hydrogen (secondary N) is 2. The Kier molecular flexibility index (Phi) is 4.44. The first-order valence-electron chi connectivity index (χ1n) is 6.07. The number of aromatic nitrogens is 1. The van der Waals surface area contributed by atoms with Crippen LogP contribution in [0.4, 0.5) is 8.78 Å². The number of halogens is 2. The molecule has 1 amide bonds. The predicted molar refractivity (Wildman–Crippen MR) is 70.7 cm³/mol. The van der Waals surface area contributed by atoms with E-state index in [1.165, 1.54) is 18.3 Å². The lowest BCUT2D eigenvalue weighted by molar-refractivity contribution is 0.0913. The second-order valence-electron chi connectivity index (χ2n) is 4.33. The van der Waals surface area contributed by atoms with E-state index in [4.69, 9.17) is 0 Å². The maximum absolute atomic E-state index is 13.4. The van der Waals surface area contributed by atoms with Gasteiger partial charge in [0.2, 0.25) is 5.56 Å². The van der Waals surface area contributed by atoms with Crippen LogP contribution in [0, 0.1) is 11.6 Å². The number of amides is 1. The van der Waals surface area contributed by atoms with Crippen molar-refractivity contribution in [2.45, 2.75) is 6.10 Å². The summed E-state index contributed by atoms with van der Waals surface area (Å²) in [4.78, 5) is 24.9. The number of pyridine rings is 1. The molecule has 21 heavy (non-hydrogen) atoms. The monoisotopic (exact) mass is 294 g/mol. The zero-order valence-electron chi connectivity index (χ0n) is 10.8. The molecule has 1 unspecified atom stereocenters. The molecule has 1 aromatic carbocycles. The van der Waals surface area contributed by atoms with Crippen molar-refractivity contribution in [1.82, 2.24) is 10.3 Å². The van der Waals surface area contributed by atoms with Crippen LogP contribution in [0.3, 0.4) is 0 Å². The lowest BCUT2D eigenvalue weighted by Gasteiger charge is -2.13. The van der Waals surface area contributed by atoms with Crippen molar-refractivity contribution in [1.29, 1.82) is 0 Å². The van der Waals surface area contributed by atoms with Crippen molar-refractivity contribution in [3.63, 3.8) is 0 Å². The normalized spacial score (nSPS) is 12.0. The molecule has 2 rings (SSSR count). The van der Waals surface area contributed by atoms with Crippen LogP contribution in [0.2, 0.25) is 0 Å². The van der Waals surface area contributed by atoms with Gasteiger partial charge in [0.25, 0.3) is 5.91 Å². The van der Waals surface area contributed by atoms with Crippen LogP contribution in [-0.4, -0.2) is 22.5 Å². The number of carbonyl (C=O) groups excluding carboxylic acids is 1. The highest BCUT2D eigenvalue weighted by atomic mass is 19.1. The van der Waals surface area contributed by atoms with Gasteiger partial charge in [-0.25, -0.2) is 8.78 Å². The lowest BCUT2D eigenvalue weighted by Crippen LogP contribution is -2.29. The van der Waals surface area contributed by atoms with E-state index in [-0.39, 0.29) is 23.2 Å². The van der Waals surface area contributed by atoms with Crippen LogP contribution in [0.25, 0.3) is 0 Å². The van der Waals surface area contributed by atoms with Crippen LogP contribution in [0.1, 0.15) is 22.0 Å². The summed E-state index contributed by atoms with van der Waals surface area (Å²) >= 11 is 0. The SMILES string of the molecule is O=C(NCC(O)c1ccc(F)cc1F)c1ccc(=O)[nH]c1. The Balaban J connectivity index is 2.00. The fourth-order valence-corrected chi connectivity index (χ4v) is 1.72. The molecular weight excluding hydrogens is 282 g/mol. The topological polar surface area (TPSA) is 82.2 Å². The number of benzene rings is 1. The van der Waals surface area contributed by atoms with E-state index in [9.17, 15) is 23.5 Å². The molecule has 0 aliphatic heterocycles. The van der Waals surface area contributed by atoms with Crippen LogP contribution in [0.15, 0.2) is 41.3 Å². The van der Waals surface area contributed by atoms with Gasteiger partial charge < -0.3 is 15.4 Å². The Morgan fingerprint density at radius 3 is 2.67 bits per heavy atom. The van der Waals surface area contributed by atoms with Gasteiger partial charge in [-0.1, -0.05) is 6.07 Å². The Bertz CT molecular complexity index is 695. The number of aliphatic hydroxyl groups is 1. The van der Waals surface area contributed by atoms with Crippen molar-refractivity contribution < 1.29 is 18.7 Å². The molecule has 1 atom stereocenters. The molecule has 0 saturated carbocycles. The van der Waals surface area contributed by atoms with E-state index in [0.717, 1.165) is 12.1 Å². The number of aromatic amines is 1. The maximum Gasteiger partial charge on any atom is 0.252 e. The van der Waals surface area contributed by atoms with Gasteiger partial charge in [-0.3, -0.25) is 9.59 Å². The standard InChI is InChI=1S/C14H12F2N2O3/c15-9-2-3-10(11(16)5-9)12(19)7-18-14(21)8-1-4-13(20)17-6-8/h1-6,12,19H,7H2,(H,17,20)(H,18,21). The number of rotatable bonds is 4. The second-order valence-corrected chi connectivity index (χ2v) is 4.33. The molecule has 0 saturated heterocycles. The van der Waals surface area contributed by atoms with Crippen molar-refractivity contribution >= 4 is 5.91 Å². The van der Waals surface area contributed by atoms with Gasteiger partial charge in [0.05, 0.1) is 11.7 Å². The number of aliphatic hydroxyl groups excluding tert-OH is 1. The zero-order chi connectivity index (χ0) is 15.4. The minimum atomic E-state index is -1.31. The Hall–Kier alpha value is -2.54. The van der Waals surface area contributed by atoms with Crippen LogP contribution in [0.5, 0.6) is 0 Å². The molecule has 1 heterocycles. The van der Waals surface area contributed by atoms with Gasteiger partial charge in [0, 0.05) is 30.4 Å². The molecule has 0 aliphatic carbocycles.